The third kappa shape index (κ3) is 3.32. The number of aromatic amines is 1. The predicted octanol–water partition coefficient (Wildman–Crippen LogP) is 0.706. The van der Waals surface area contributed by atoms with Gasteiger partial charge in [0.2, 0.25) is 0 Å². The molecule has 0 fully saturated rings. The number of nitrogens with one attached hydrogen (secondary N) is 1. The average molecular weight is 275 g/mol. The minimum atomic E-state index is -0.173. The summed E-state index contributed by atoms with van der Waals surface area (Å²) >= 11 is 3.21. The first-order valence-electron chi connectivity index (χ1n) is 4.72. The Balaban J connectivity index is 2.78. The third-order valence-electron chi connectivity index (χ3n) is 2.06. The lowest BCUT2D eigenvalue weighted by Crippen LogP contribution is -2.28. The molecule has 0 bridgehead atoms. The van der Waals surface area contributed by atoms with Gasteiger partial charge < -0.3 is 15.6 Å². The van der Waals surface area contributed by atoms with Crippen LogP contribution in [0.25, 0.3) is 0 Å². The number of nitrogens with zero attached hydrogens (tertiary/aromatic N) is 2. The Morgan fingerprint density at radius 2 is 2.40 bits per heavy atom. The van der Waals surface area contributed by atoms with E-state index in [2.05, 4.69) is 25.9 Å². The summed E-state index contributed by atoms with van der Waals surface area (Å²) in [6.07, 6.45) is 2.25. The van der Waals surface area contributed by atoms with Gasteiger partial charge in [-0.05, 0) is 29.3 Å². The number of rotatable bonds is 4. The van der Waals surface area contributed by atoms with Gasteiger partial charge in [0.05, 0.1) is 6.33 Å². The van der Waals surface area contributed by atoms with Gasteiger partial charge in [-0.25, -0.2) is 4.98 Å². The summed E-state index contributed by atoms with van der Waals surface area (Å²) in [5, 5.41) is 0. The van der Waals surface area contributed by atoms with E-state index in [1.807, 2.05) is 18.9 Å². The molecule has 3 N–H and O–H groups in total. The van der Waals surface area contributed by atoms with Gasteiger partial charge in [-0.15, -0.1) is 0 Å². The van der Waals surface area contributed by atoms with Crippen LogP contribution in [0.3, 0.4) is 0 Å². The van der Waals surface area contributed by atoms with Crippen molar-refractivity contribution in [2.45, 2.75) is 19.4 Å². The highest BCUT2D eigenvalue weighted by Gasteiger charge is 2.10. The van der Waals surface area contributed by atoms with Crippen molar-refractivity contribution in [3.05, 3.63) is 21.2 Å². The number of aromatic nitrogens is 2. The molecule has 0 aliphatic heterocycles. The van der Waals surface area contributed by atoms with Crippen molar-refractivity contribution < 1.29 is 0 Å². The lowest BCUT2D eigenvalue weighted by Gasteiger charge is -2.19. The van der Waals surface area contributed by atoms with Crippen LogP contribution in [-0.2, 0) is 0 Å². The Bertz CT molecular complexity index is 377. The van der Waals surface area contributed by atoms with Crippen molar-refractivity contribution in [2.24, 2.45) is 5.73 Å². The van der Waals surface area contributed by atoms with Gasteiger partial charge in [-0.1, -0.05) is 0 Å². The number of halogens is 1. The Morgan fingerprint density at radius 1 is 1.73 bits per heavy atom. The molecule has 0 amide bonds. The molecule has 0 aromatic carbocycles. The summed E-state index contributed by atoms with van der Waals surface area (Å²) in [6.45, 7) is 2.72. The number of hydrogen-bond acceptors (Lipinski definition) is 4. The Morgan fingerprint density at radius 3 is 3.00 bits per heavy atom. The second-order valence-electron chi connectivity index (χ2n) is 3.56. The van der Waals surface area contributed by atoms with Crippen molar-refractivity contribution in [3.8, 4) is 0 Å². The van der Waals surface area contributed by atoms with Crippen LogP contribution in [0.5, 0.6) is 0 Å². The molecular weight excluding hydrogens is 260 g/mol. The molecule has 1 aromatic rings. The van der Waals surface area contributed by atoms with E-state index in [0.29, 0.717) is 10.3 Å². The summed E-state index contributed by atoms with van der Waals surface area (Å²) < 4.78 is 0.456. The molecular formula is C9H15BrN4O. The first-order chi connectivity index (χ1) is 7.02. The van der Waals surface area contributed by atoms with Crippen LogP contribution in [0.15, 0.2) is 15.6 Å². The highest BCUT2D eigenvalue weighted by Crippen LogP contribution is 2.17. The molecule has 0 aliphatic carbocycles. The zero-order valence-electron chi connectivity index (χ0n) is 8.83. The first-order valence-corrected chi connectivity index (χ1v) is 5.51. The molecule has 1 rings (SSSR count). The van der Waals surface area contributed by atoms with Gasteiger partial charge >= 0.3 is 0 Å². The highest BCUT2D eigenvalue weighted by molar-refractivity contribution is 9.10. The van der Waals surface area contributed by atoms with Crippen LogP contribution in [0, 0.1) is 0 Å². The summed E-state index contributed by atoms with van der Waals surface area (Å²) in [7, 11) is 1.88. The van der Waals surface area contributed by atoms with E-state index in [4.69, 9.17) is 5.73 Å². The predicted molar refractivity (Wildman–Crippen MR) is 64.1 cm³/mol. The van der Waals surface area contributed by atoms with E-state index in [9.17, 15) is 4.79 Å². The molecule has 0 radical (unpaired) electrons. The Hall–Kier alpha value is -0.880. The lowest BCUT2D eigenvalue weighted by atomic mass is 10.2. The van der Waals surface area contributed by atoms with E-state index in [1.165, 1.54) is 6.33 Å². The maximum atomic E-state index is 11.3. The largest absolute Gasteiger partial charge is 0.358 e. The van der Waals surface area contributed by atoms with Crippen molar-refractivity contribution in [3.63, 3.8) is 0 Å². The van der Waals surface area contributed by atoms with Crippen LogP contribution in [0.2, 0.25) is 0 Å². The van der Waals surface area contributed by atoms with E-state index in [1.54, 1.807) is 0 Å². The van der Waals surface area contributed by atoms with E-state index >= 15 is 0 Å². The standard InChI is InChI=1S/C9H15BrN4O/c1-6(11)3-4-14(2)8-7(10)9(15)13-5-12-8/h5-6H,3-4,11H2,1-2H3,(H,12,13,15). The van der Waals surface area contributed by atoms with Crippen molar-refractivity contribution >= 4 is 21.7 Å². The van der Waals surface area contributed by atoms with E-state index in [0.717, 1.165) is 13.0 Å². The van der Waals surface area contributed by atoms with Gasteiger partial charge in [-0.3, -0.25) is 4.79 Å². The molecule has 6 heteroatoms. The second kappa shape index (κ2) is 5.27. The number of H-pyrrole nitrogens is 1. The highest BCUT2D eigenvalue weighted by atomic mass is 79.9. The molecule has 0 spiro atoms. The Labute approximate surface area is 96.8 Å². The minimum absolute atomic E-state index is 0.147. The quantitative estimate of drug-likeness (QED) is 0.848. The smallest absolute Gasteiger partial charge is 0.267 e. The zero-order chi connectivity index (χ0) is 11.4. The fraction of sp³-hybridized carbons (Fsp3) is 0.556. The molecule has 5 nitrogen and oxygen atoms in total. The fourth-order valence-electron chi connectivity index (χ4n) is 1.14. The number of nitrogens with two attached hydrogens (primary N) is 1. The van der Waals surface area contributed by atoms with Crippen LogP contribution in [0.4, 0.5) is 5.82 Å². The summed E-state index contributed by atoms with van der Waals surface area (Å²) in [4.78, 5) is 19.8. The SMILES string of the molecule is CC(N)CCN(C)c1nc[nH]c(=O)c1Br. The molecule has 1 unspecified atom stereocenters. The van der Waals surface area contributed by atoms with Crippen molar-refractivity contribution in [2.75, 3.05) is 18.5 Å². The van der Waals surface area contributed by atoms with Crippen molar-refractivity contribution in [1.29, 1.82) is 0 Å². The topological polar surface area (TPSA) is 75.0 Å². The summed E-state index contributed by atoms with van der Waals surface area (Å²) in [5.41, 5.74) is 5.49. The summed E-state index contributed by atoms with van der Waals surface area (Å²) in [6, 6.07) is 0.147. The maximum Gasteiger partial charge on any atom is 0.267 e. The van der Waals surface area contributed by atoms with E-state index in [-0.39, 0.29) is 11.6 Å². The molecule has 15 heavy (non-hydrogen) atoms. The van der Waals surface area contributed by atoms with Gasteiger partial charge in [0.25, 0.3) is 5.56 Å². The first kappa shape index (κ1) is 12.2. The van der Waals surface area contributed by atoms with Crippen LogP contribution < -0.4 is 16.2 Å². The minimum Gasteiger partial charge on any atom is -0.358 e. The van der Waals surface area contributed by atoms with Crippen LogP contribution in [0.1, 0.15) is 13.3 Å². The molecule has 84 valence electrons. The molecule has 1 aromatic heterocycles. The lowest BCUT2D eigenvalue weighted by molar-refractivity contribution is 0.655. The normalized spacial score (nSPS) is 12.5. The van der Waals surface area contributed by atoms with Gasteiger partial charge in [0.15, 0.2) is 0 Å². The number of hydrogen-bond donors (Lipinski definition) is 2. The Kier molecular flexibility index (Phi) is 4.28. The second-order valence-corrected chi connectivity index (χ2v) is 4.35. The summed E-state index contributed by atoms with van der Waals surface area (Å²) in [5.74, 6) is 0.638. The monoisotopic (exact) mass is 274 g/mol. The number of anilines is 1. The van der Waals surface area contributed by atoms with Gasteiger partial charge in [0.1, 0.15) is 10.3 Å². The molecule has 1 atom stereocenters. The third-order valence-corrected chi connectivity index (χ3v) is 2.77. The van der Waals surface area contributed by atoms with Gasteiger partial charge in [0, 0.05) is 19.6 Å². The zero-order valence-corrected chi connectivity index (χ0v) is 10.4. The van der Waals surface area contributed by atoms with Crippen molar-refractivity contribution in [1.82, 2.24) is 9.97 Å². The molecule has 0 aliphatic rings. The maximum absolute atomic E-state index is 11.3. The van der Waals surface area contributed by atoms with E-state index < -0.39 is 0 Å². The van der Waals surface area contributed by atoms with Crippen LogP contribution in [-0.4, -0.2) is 29.6 Å². The average Bonchev–Trinajstić information content (AvgIpc) is 2.18. The fourth-order valence-corrected chi connectivity index (χ4v) is 1.66. The van der Waals surface area contributed by atoms with Crippen LogP contribution >= 0.6 is 15.9 Å². The molecule has 1 heterocycles. The molecule has 0 saturated carbocycles. The van der Waals surface area contributed by atoms with Gasteiger partial charge in [-0.2, -0.15) is 0 Å². The molecule has 0 saturated heterocycles.